The van der Waals surface area contributed by atoms with Crippen LogP contribution in [0.25, 0.3) is 6.08 Å². The van der Waals surface area contributed by atoms with Gasteiger partial charge in [-0.1, -0.05) is 17.7 Å². The number of nitriles is 1. The van der Waals surface area contributed by atoms with Crippen molar-refractivity contribution in [2.75, 3.05) is 7.11 Å². The van der Waals surface area contributed by atoms with Crippen molar-refractivity contribution in [3.8, 4) is 11.8 Å². The molecule has 0 saturated heterocycles. The summed E-state index contributed by atoms with van der Waals surface area (Å²) < 4.78 is 5.01. The number of rotatable bonds is 5. The van der Waals surface area contributed by atoms with E-state index in [4.69, 9.17) is 16.3 Å². The number of Topliss-reactive ketones (excluding diaryl/α,β-unsaturated/α-hetero) is 1. The largest absolute Gasteiger partial charge is 0.497 e. The standard InChI is InChI=1S/C17H11ClN2O4/c1-24-14-5-3-12(4-6-14)17(21)13(10-19)8-11-2-7-15(18)16(9-11)20(22)23/h2-9H,1H3/b13-8-. The van der Waals surface area contributed by atoms with Crippen molar-refractivity contribution in [3.05, 3.63) is 74.3 Å². The maximum absolute atomic E-state index is 12.4. The molecule has 0 aliphatic rings. The molecule has 0 aromatic heterocycles. The highest BCUT2D eigenvalue weighted by molar-refractivity contribution is 6.32. The van der Waals surface area contributed by atoms with E-state index < -0.39 is 10.7 Å². The zero-order chi connectivity index (χ0) is 17.7. The number of nitrogens with zero attached hydrogens (tertiary/aromatic N) is 2. The van der Waals surface area contributed by atoms with Gasteiger partial charge in [-0.25, -0.2) is 0 Å². The number of methoxy groups -OCH3 is 1. The van der Waals surface area contributed by atoms with E-state index in [1.807, 2.05) is 6.07 Å². The van der Waals surface area contributed by atoms with Crippen LogP contribution in [0, 0.1) is 21.4 Å². The number of halogens is 1. The normalized spacial score (nSPS) is 10.8. The lowest BCUT2D eigenvalue weighted by Crippen LogP contribution is -2.02. The highest BCUT2D eigenvalue weighted by atomic mass is 35.5. The molecule has 0 atom stereocenters. The van der Waals surface area contributed by atoms with Crippen molar-refractivity contribution in [1.82, 2.24) is 0 Å². The molecule has 0 aliphatic heterocycles. The molecule has 0 unspecified atom stereocenters. The van der Waals surface area contributed by atoms with Gasteiger partial charge in [0.25, 0.3) is 5.69 Å². The van der Waals surface area contributed by atoms with Crippen LogP contribution in [0.2, 0.25) is 5.02 Å². The van der Waals surface area contributed by atoms with Gasteiger partial charge in [-0.3, -0.25) is 14.9 Å². The molecule has 0 amide bonds. The summed E-state index contributed by atoms with van der Waals surface area (Å²) in [5, 5.41) is 20.1. The molecule has 0 heterocycles. The number of benzene rings is 2. The molecule has 0 bridgehead atoms. The summed E-state index contributed by atoms with van der Waals surface area (Å²) in [6.45, 7) is 0. The van der Waals surface area contributed by atoms with Gasteiger partial charge < -0.3 is 4.74 Å². The Morgan fingerprint density at radius 3 is 2.50 bits per heavy atom. The first kappa shape index (κ1) is 17.2. The minimum absolute atomic E-state index is 0.0165. The van der Waals surface area contributed by atoms with Crippen molar-refractivity contribution < 1.29 is 14.5 Å². The topological polar surface area (TPSA) is 93.2 Å². The minimum Gasteiger partial charge on any atom is -0.497 e. The second-order valence-corrected chi connectivity index (χ2v) is 5.10. The van der Waals surface area contributed by atoms with Crippen molar-refractivity contribution in [2.24, 2.45) is 0 Å². The highest BCUT2D eigenvalue weighted by Gasteiger charge is 2.15. The fourth-order valence-corrected chi connectivity index (χ4v) is 2.16. The third-order valence-corrected chi connectivity index (χ3v) is 3.51. The van der Waals surface area contributed by atoms with Crippen LogP contribution in [0.15, 0.2) is 48.0 Å². The Bertz CT molecular complexity index is 867. The lowest BCUT2D eigenvalue weighted by Gasteiger charge is -2.03. The quantitative estimate of drug-likeness (QED) is 0.269. The lowest BCUT2D eigenvalue weighted by atomic mass is 10.0. The molecule has 120 valence electrons. The number of nitro groups is 1. The van der Waals surface area contributed by atoms with Crippen LogP contribution in [0.3, 0.4) is 0 Å². The first-order chi connectivity index (χ1) is 11.5. The first-order valence-electron chi connectivity index (χ1n) is 6.70. The Hall–Kier alpha value is -3.17. The molecule has 24 heavy (non-hydrogen) atoms. The predicted octanol–water partition coefficient (Wildman–Crippen LogP) is 4.05. The van der Waals surface area contributed by atoms with Crippen molar-refractivity contribution >= 4 is 29.1 Å². The summed E-state index contributed by atoms with van der Waals surface area (Å²) in [6, 6.07) is 12.2. The number of ketones is 1. The summed E-state index contributed by atoms with van der Waals surface area (Å²) in [5.74, 6) is 0.0973. The Balaban J connectivity index is 2.38. The van der Waals surface area contributed by atoms with Gasteiger partial charge in [0, 0.05) is 11.6 Å². The monoisotopic (exact) mass is 342 g/mol. The van der Waals surface area contributed by atoms with E-state index in [2.05, 4.69) is 0 Å². The van der Waals surface area contributed by atoms with E-state index in [1.54, 1.807) is 12.1 Å². The molecule has 0 N–H and O–H groups in total. The van der Waals surface area contributed by atoms with Crippen LogP contribution in [0.4, 0.5) is 5.69 Å². The number of nitro benzene ring substituents is 1. The van der Waals surface area contributed by atoms with Crippen molar-refractivity contribution in [1.29, 1.82) is 5.26 Å². The van der Waals surface area contributed by atoms with Gasteiger partial charge in [-0.05, 0) is 42.0 Å². The molecule has 6 nitrogen and oxygen atoms in total. The fraction of sp³-hybridized carbons (Fsp3) is 0.0588. The molecule has 0 saturated carbocycles. The Morgan fingerprint density at radius 1 is 1.29 bits per heavy atom. The molecule has 0 fully saturated rings. The van der Waals surface area contributed by atoms with Gasteiger partial charge in [-0.2, -0.15) is 5.26 Å². The third-order valence-electron chi connectivity index (χ3n) is 3.20. The molecule has 0 spiro atoms. The summed E-state index contributed by atoms with van der Waals surface area (Å²) in [5.41, 5.74) is 0.216. The average Bonchev–Trinajstić information content (AvgIpc) is 2.60. The number of hydrogen-bond acceptors (Lipinski definition) is 5. The summed E-state index contributed by atoms with van der Waals surface area (Å²) in [6.07, 6.45) is 1.29. The Morgan fingerprint density at radius 2 is 1.96 bits per heavy atom. The molecular formula is C17H11ClN2O4. The average molecular weight is 343 g/mol. The first-order valence-corrected chi connectivity index (χ1v) is 7.08. The molecule has 2 aromatic carbocycles. The number of ether oxygens (including phenoxy) is 1. The second kappa shape index (κ2) is 7.40. The number of allylic oxidation sites excluding steroid dienone is 1. The van der Waals surface area contributed by atoms with Crippen LogP contribution < -0.4 is 4.74 Å². The summed E-state index contributed by atoms with van der Waals surface area (Å²) in [4.78, 5) is 22.6. The van der Waals surface area contributed by atoms with Crippen LogP contribution in [-0.2, 0) is 0 Å². The zero-order valence-corrected chi connectivity index (χ0v) is 13.3. The van der Waals surface area contributed by atoms with Crippen molar-refractivity contribution in [2.45, 2.75) is 0 Å². The maximum atomic E-state index is 12.4. The molecule has 0 radical (unpaired) electrons. The highest BCUT2D eigenvalue weighted by Crippen LogP contribution is 2.26. The zero-order valence-electron chi connectivity index (χ0n) is 12.5. The number of carbonyl (C=O) groups excluding carboxylic acids is 1. The van der Waals surface area contributed by atoms with E-state index in [0.717, 1.165) is 0 Å². The van der Waals surface area contributed by atoms with Gasteiger partial charge >= 0.3 is 0 Å². The van der Waals surface area contributed by atoms with E-state index in [0.29, 0.717) is 16.9 Å². The fourth-order valence-electron chi connectivity index (χ4n) is 1.97. The molecule has 7 heteroatoms. The number of carbonyl (C=O) groups is 1. The second-order valence-electron chi connectivity index (χ2n) is 4.70. The molecule has 0 aliphatic carbocycles. The van der Waals surface area contributed by atoms with Crippen LogP contribution in [0.5, 0.6) is 5.75 Å². The van der Waals surface area contributed by atoms with E-state index >= 15 is 0 Å². The van der Waals surface area contributed by atoms with Gasteiger partial charge in [0.2, 0.25) is 5.78 Å². The minimum atomic E-state index is -0.628. The predicted molar refractivity (Wildman–Crippen MR) is 89.0 cm³/mol. The number of hydrogen-bond donors (Lipinski definition) is 0. The van der Waals surface area contributed by atoms with E-state index in [-0.39, 0.29) is 16.3 Å². The summed E-state index contributed by atoms with van der Waals surface area (Å²) >= 11 is 5.74. The Labute approximate surface area is 142 Å². The molecule has 2 rings (SSSR count). The smallest absolute Gasteiger partial charge is 0.288 e. The van der Waals surface area contributed by atoms with Gasteiger partial charge in [-0.15, -0.1) is 0 Å². The van der Waals surface area contributed by atoms with Gasteiger partial charge in [0.15, 0.2) is 0 Å². The Kier molecular flexibility index (Phi) is 5.30. The lowest BCUT2D eigenvalue weighted by molar-refractivity contribution is -0.384. The van der Waals surface area contributed by atoms with E-state index in [9.17, 15) is 20.2 Å². The molecule has 2 aromatic rings. The van der Waals surface area contributed by atoms with Crippen LogP contribution in [0.1, 0.15) is 15.9 Å². The van der Waals surface area contributed by atoms with Crippen LogP contribution in [-0.4, -0.2) is 17.8 Å². The van der Waals surface area contributed by atoms with Crippen molar-refractivity contribution in [3.63, 3.8) is 0 Å². The maximum Gasteiger partial charge on any atom is 0.288 e. The van der Waals surface area contributed by atoms with Crippen LogP contribution >= 0.6 is 11.6 Å². The summed E-state index contributed by atoms with van der Waals surface area (Å²) in [7, 11) is 1.50. The van der Waals surface area contributed by atoms with E-state index in [1.165, 1.54) is 43.5 Å². The van der Waals surface area contributed by atoms with Gasteiger partial charge in [0.05, 0.1) is 12.0 Å². The third kappa shape index (κ3) is 3.77. The SMILES string of the molecule is COc1ccc(C(=O)/C(C#N)=C\c2ccc(Cl)c([N+](=O)[O-])c2)cc1. The molecular weight excluding hydrogens is 332 g/mol. The van der Waals surface area contributed by atoms with Gasteiger partial charge in [0.1, 0.15) is 22.4 Å².